The Morgan fingerprint density at radius 3 is 2.61 bits per heavy atom. The maximum atomic E-state index is 11.9. The average molecular weight is 316 g/mol. The number of fused-ring (bicyclic) bond motifs is 1. The molecule has 4 nitrogen and oxygen atoms in total. The predicted octanol–water partition coefficient (Wildman–Crippen LogP) is 3.83. The van der Waals surface area contributed by atoms with Gasteiger partial charge in [-0.2, -0.15) is 0 Å². The van der Waals surface area contributed by atoms with Gasteiger partial charge in [-0.05, 0) is 77.1 Å². The fraction of sp³-hybridized carbons (Fsp3) is 0.632. The standard InChI is InChI=1S/C19H28N2O2/c1-18(2,3)20-17(22)23-15-8-9-16-13(12-15)10-11-21(14-6-7-14)19(16,4)5/h8-9,12,14H,6-7,10-11H2,1-5H3,(H,20,22). The molecular formula is C19H28N2O2. The van der Waals surface area contributed by atoms with Crippen molar-refractivity contribution in [2.24, 2.45) is 0 Å². The van der Waals surface area contributed by atoms with Crippen molar-refractivity contribution in [1.82, 2.24) is 10.2 Å². The topological polar surface area (TPSA) is 41.6 Å². The quantitative estimate of drug-likeness (QED) is 0.901. The molecule has 0 radical (unpaired) electrons. The lowest BCUT2D eigenvalue weighted by atomic mass is 9.83. The average Bonchev–Trinajstić information content (AvgIpc) is 3.20. The largest absolute Gasteiger partial charge is 0.413 e. The fourth-order valence-corrected chi connectivity index (χ4v) is 3.58. The normalized spacial score (nSPS) is 20.7. The molecule has 1 amide bonds. The molecule has 0 unspecified atom stereocenters. The molecule has 0 saturated heterocycles. The van der Waals surface area contributed by atoms with E-state index in [0.717, 1.165) is 19.0 Å². The van der Waals surface area contributed by atoms with Gasteiger partial charge in [0.25, 0.3) is 0 Å². The van der Waals surface area contributed by atoms with Crippen molar-refractivity contribution in [3.05, 3.63) is 29.3 Å². The van der Waals surface area contributed by atoms with Crippen molar-refractivity contribution in [3.63, 3.8) is 0 Å². The molecule has 1 saturated carbocycles. The Labute approximate surface area is 139 Å². The first-order chi connectivity index (χ1) is 10.7. The van der Waals surface area contributed by atoms with Crippen LogP contribution in [0.4, 0.5) is 4.79 Å². The van der Waals surface area contributed by atoms with Crippen LogP contribution < -0.4 is 10.1 Å². The zero-order chi connectivity index (χ0) is 16.8. The maximum absolute atomic E-state index is 11.9. The van der Waals surface area contributed by atoms with Crippen LogP contribution in [0.1, 0.15) is 58.6 Å². The van der Waals surface area contributed by atoms with E-state index >= 15 is 0 Å². The molecule has 1 aromatic carbocycles. The Morgan fingerprint density at radius 2 is 2.00 bits per heavy atom. The van der Waals surface area contributed by atoms with E-state index in [1.807, 2.05) is 32.9 Å². The second-order valence-electron chi connectivity index (χ2n) is 8.32. The summed E-state index contributed by atoms with van der Waals surface area (Å²) in [6, 6.07) is 6.83. The number of nitrogens with zero attached hydrogens (tertiary/aromatic N) is 1. The fourth-order valence-electron chi connectivity index (χ4n) is 3.58. The van der Waals surface area contributed by atoms with E-state index in [1.165, 1.54) is 24.0 Å². The van der Waals surface area contributed by atoms with Gasteiger partial charge in [-0.1, -0.05) is 6.07 Å². The molecule has 3 rings (SSSR count). The van der Waals surface area contributed by atoms with Gasteiger partial charge in [0.05, 0.1) is 0 Å². The molecule has 2 aliphatic rings. The zero-order valence-electron chi connectivity index (χ0n) is 14.9. The van der Waals surface area contributed by atoms with Gasteiger partial charge in [-0.3, -0.25) is 4.90 Å². The van der Waals surface area contributed by atoms with E-state index in [-0.39, 0.29) is 11.1 Å². The lowest BCUT2D eigenvalue weighted by Crippen LogP contribution is -2.47. The molecule has 1 N–H and O–H groups in total. The summed E-state index contributed by atoms with van der Waals surface area (Å²) in [5.41, 5.74) is 2.42. The van der Waals surface area contributed by atoms with Crippen molar-refractivity contribution in [1.29, 1.82) is 0 Å². The number of amides is 1. The van der Waals surface area contributed by atoms with E-state index in [1.54, 1.807) is 0 Å². The third-order valence-electron chi connectivity index (χ3n) is 4.75. The molecule has 1 heterocycles. The third-order valence-corrected chi connectivity index (χ3v) is 4.75. The molecule has 0 spiro atoms. The van der Waals surface area contributed by atoms with Gasteiger partial charge in [0.1, 0.15) is 5.75 Å². The number of carbonyl (C=O) groups excluding carboxylic acids is 1. The highest BCUT2D eigenvalue weighted by Gasteiger charge is 2.42. The maximum Gasteiger partial charge on any atom is 0.413 e. The van der Waals surface area contributed by atoms with Crippen molar-refractivity contribution < 1.29 is 9.53 Å². The number of carbonyl (C=O) groups is 1. The molecule has 1 fully saturated rings. The molecule has 4 heteroatoms. The number of hydrogen-bond donors (Lipinski definition) is 1. The van der Waals surface area contributed by atoms with Crippen molar-refractivity contribution >= 4 is 6.09 Å². The molecule has 23 heavy (non-hydrogen) atoms. The zero-order valence-corrected chi connectivity index (χ0v) is 14.9. The van der Waals surface area contributed by atoms with E-state index in [2.05, 4.69) is 30.1 Å². The number of rotatable bonds is 2. The molecule has 0 atom stereocenters. The van der Waals surface area contributed by atoms with Gasteiger partial charge in [0, 0.05) is 23.7 Å². The van der Waals surface area contributed by atoms with Gasteiger partial charge >= 0.3 is 6.09 Å². The summed E-state index contributed by atoms with van der Waals surface area (Å²) < 4.78 is 5.45. The van der Waals surface area contributed by atoms with Crippen LogP contribution >= 0.6 is 0 Å². The Bertz CT molecular complexity index is 612. The second kappa shape index (κ2) is 5.52. The van der Waals surface area contributed by atoms with Crippen LogP contribution in [0.3, 0.4) is 0 Å². The van der Waals surface area contributed by atoms with Gasteiger partial charge in [0.15, 0.2) is 0 Å². The molecule has 1 aromatic rings. The monoisotopic (exact) mass is 316 g/mol. The minimum Gasteiger partial charge on any atom is -0.410 e. The summed E-state index contributed by atoms with van der Waals surface area (Å²) >= 11 is 0. The molecule has 126 valence electrons. The lowest BCUT2D eigenvalue weighted by Gasteiger charge is -2.44. The Morgan fingerprint density at radius 1 is 1.30 bits per heavy atom. The highest BCUT2D eigenvalue weighted by Crippen LogP contribution is 2.42. The van der Waals surface area contributed by atoms with Crippen molar-refractivity contribution in [2.75, 3.05) is 6.54 Å². The Hall–Kier alpha value is -1.55. The second-order valence-corrected chi connectivity index (χ2v) is 8.32. The lowest BCUT2D eigenvalue weighted by molar-refractivity contribution is 0.0975. The van der Waals surface area contributed by atoms with Crippen molar-refractivity contribution in [3.8, 4) is 5.75 Å². The van der Waals surface area contributed by atoms with Crippen molar-refractivity contribution in [2.45, 2.75) is 71.0 Å². The van der Waals surface area contributed by atoms with Gasteiger partial charge in [-0.25, -0.2) is 4.79 Å². The summed E-state index contributed by atoms with van der Waals surface area (Å²) in [6.07, 6.45) is 3.28. The van der Waals surface area contributed by atoms with Gasteiger partial charge < -0.3 is 10.1 Å². The van der Waals surface area contributed by atoms with Crippen LogP contribution in [-0.2, 0) is 12.0 Å². The first-order valence-electron chi connectivity index (χ1n) is 8.57. The first kappa shape index (κ1) is 16.3. The molecule has 1 aliphatic heterocycles. The van der Waals surface area contributed by atoms with Crippen LogP contribution in [0, 0.1) is 0 Å². The molecule has 0 bridgehead atoms. The van der Waals surface area contributed by atoms with Crippen LogP contribution in [0.5, 0.6) is 5.75 Å². The number of ether oxygens (including phenoxy) is 1. The smallest absolute Gasteiger partial charge is 0.410 e. The van der Waals surface area contributed by atoms with E-state index < -0.39 is 6.09 Å². The van der Waals surface area contributed by atoms with Crippen LogP contribution in [-0.4, -0.2) is 29.1 Å². The van der Waals surface area contributed by atoms with E-state index in [4.69, 9.17) is 4.74 Å². The molecular weight excluding hydrogens is 288 g/mol. The van der Waals surface area contributed by atoms with Crippen LogP contribution in [0.25, 0.3) is 0 Å². The minimum absolute atomic E-state index is 0.0565. The Kier molecular flexibility index (Phi) is 3.91. The summed E-state index contributed by atoms with van der Waals surface area (Å²) in [5.74, 6) is 0.626. The van der Waals surface area contributed by atoms with Gasteiger partial charge in [-0.15, -0.1) is 0 Å². The molecule has 1 aliphatic carbocycles. The summed E-state index contributed by atoms with van der Waals surface area (Å²) in [4.78, 5) is 14.6. The highest BCUT2D eigenvalue weighted by atomic mass is 16.6. The molecule has 0 aromatic heterocycles. The summed E-state index contributed by atoms with van der Waals surface area (Å²) in [7, 11) is 0. The SMILES string of the molecule is CC(C)(C)NC(=O)Oc1ccc2c(c1)CCN(C1CC1)C2(C)C. The van der Waals surface area contributed by atoms with Crippen LogP contribution in [0.15, 0.2) is 18.2 Å². The van der Waals surface area contributed by atoms with E-state index in [9.17, 15) is 4.79 Å². The summed E-state index contributed by atoms with van der Waals surface area (Å²) in [5, 5.41) is 2.82. The number of hydrogen-bond acceptors (Lipinski definition) is 3. The Balaban J connectivity index is 1.77. The first-order valence-corrected chi connectivity index (χ1v) is 8.57. The number of benzene rings is 1. The predicted molar refractivity (Wildman–Crippen MR) is 91.8 cm³/mol. The number of nitrogens with one attached hydrogen (secondary N) is 1. The van der Waals surface area contributed by atoms with E-state index in [0.29, 0.717) is 5.75 Å². The summed E-state index contributed by atoms with van der Waals surface area (Å²) in [6.45, 7) is 11.5. The van der Waals surface area contributed by atoms with Crippen LogP contribution in [0.2, 0.25) is 0 Å². The highest BCUT2D eigenvalue weighted by molar-refractivity contribution is 5.71. The van der Waals surface area contributed by atoms with Gasteiger partial charge in [0.2, 0.25) is 0 Å². The minimum atomic E-state index is -0.396. The third kappa shape index (κ3) is 3.52.